The second-order valence-electron chi connectivity index (χ2n) is 3.43. The number of phenols is 1. The van der Waals surface area contributed by atoms with Crippen LogP contribution in [0.2, 0.25) is 0 Å². The van der Waals surface area contributed by atoms with Crippen molar-refractivity contribution in [3.05, 3.63) is 48.3 Å². The van der Waals surface area contributed by atoms with Crippen LogP contribution in [0.15, 0.2) is 42.7 Å². The van der Waals surface area contributed by atoms with Gasteiger partial charge in [-0.2, -0.15) is 0 Å². The van der Waals surface area contributed by atoms with Crippen LogP contribution in [-0.4, -0.2) is 16.9 Å². The number of nitrogens with zero attached hydrogens (tertiary/aromatic N) is 1. The Morgan fingerprint density at radius 2 is 2.06 bits per heavy atom. The van der Waals surface area contributed by atoms with Crippen LogP contribution in [0, 0.1) is 0 Å². The Morgan fingerprint density at radius 1 is 1.31 bits per heavy atom. The minimum atomic E-state index is 0.161. The number of benzene rings is 1. The van der Waals surface area contributed by atoms with E-state index in [-0.39, 0.29) is 5.75 Å². The second kappa shape index (κ2) is 4.61. The van der Waals surface area contributed by atoms with Crippen molar-refractivity contribution in [2.75, 3.05) is 12.5 Å². The normalized spacial score (nSPS) is 10.1. The first kappa shape index (κ1) is 10.4. The largest absolute Gasteiger partial charge is 0.504 e. The van der Waals surface area contributed by atoms with Crippen LogP contribution in [-0.2, 0) is 6.54 Å². The highest BCUT2D eigenvalue weighted by molar-refractivity contribution is 5.41. The molecule has 0 saturated heterocycles. The Balaban J connectivity index is 2.02. The number of ether oxygens (including phenoxy) is 1. The molecule has 0 aliphatic heterocycles. The molecule has 4 heteroatoms. The summed E-state index contributed by atoms with van der Waals surface area (Å²) in [5, 5.41) is 9.59. The lowest BCUT2D eigenvalue weighted by Gasteiger charge is -2.09. The third kappa shape index (κ3) is 2.28. The van der Waals surface area contributed by atoms with E-state index in [1.165, 1.54) is 7.11 Å². The van der Waals surface area contributed by atoms with E-state index in [1.807, 2.05) is 35.3 Å². The molecule has 2 N–H and O–H groups in total. The van der Waals surface area contributed by atoms with E-state index in [0.717, 1.165) is 5.56 Å². The highest BCUT2D eigenvalue weighted by Gasteiger charge is 2.01. The van der Waals surface area contributed by atoms with Crippen LogP contribution < -0.4 is 10.2 Å². The van der Waals surface area contributed by atoms with Crippen molar-refractivity contribution in [2.45, 2.75) is 6.54 Å². The standard InChI is InChI=1S/C12H14N2O2/c1-16-12-5-4-10(8-11(12)15)9-13-14-6-2-3-7-14/h2-8,13,15H,9H2,1H3. The number of phenolic OH excluding ortho intramolecular Hbond substituents is 1. The van der Waals surface area contributed by atoms with Crippen LogP contribution in [0.5, 0.6) is 11.5 Å². The van der Waals surface area contributed by atoms with Crippen molar-refractivity contribution in [1.29, 1.82) is 0 Å². The number of hydrogen-bond donors (Lipinski definition) is 2. The molecule has 0 unspecified atom stereocenters. The molecule has 0 bridgehead atoms. The maximum Gasteiger partial charge on any atom is 0.160 e. The number of aromatic nitrogens is 1. The molecule has 4 nitrogen and oxygen atoms in total. The zero-order valence-electron chi connectivity index (χ0n) is 9.05. The van der Waals surface area contributed by atoms with Crippen molar-refractivity contribution in [1.82, 2.24) is 4.68 Å². The fourth-order valence-electron chi connectivity index (χ4n) is 1.47. The molecule has 0 fully saturated rings. The van der Waals surface area contributed by atoms with Gasteiger partial charge in [-0.25, -0.2) is 0 Å². The van der Waals surface area contributed by atoms with Crippen LogP contribution >= 0.6 is 0 Å². The summed E-state index contributed by atoms with van der Waals surface area (Å²) >= 11 is 0. The highest BCUT2D eigenvalue weighted by atomic mass is 16.5. The molecule has 16 heavy (non-hydrogen) atoms. The third-order valence-electron chi connectivity index (χ3n) is 2.31. The summed E-state index contributed by atoms with van der Waals surface area (Å²) in [4.78, 5) is 0. The molecule has 1 aromatic heterocycles. The van der Waals surface area contributed by atoms with Gasteiger partial charge in [-0.15, -0.1) is 0 Å². The summed E-state index contributed by atoms with van der Waals surface area (Å²) in [6.45, 7) is 0.645. The van der Waals surface area contributed by atoms with E-state index in [2.05, 4.69) is 5.43 Å². The molecule has 0 atom stereocenters. The van der Waals surface area contributed by atoms with Crippen molar-refractivity contribution < 1.29 is 9.84 Å². The smallest absolute Gasteiger partial charge is 0.160 e. The maximum atomic E-state index is 9.59. The van der Waals surface area contributed by atoms with E-state index < -0.39 is 0 Å². The van der Waals surface area contributed by atoms with Gasteiger partial charge in [-0.05, 0) is 29.8 Å². The molecule has 2 aromatic rings. The minimum absolute atomic E-state index is 0.161. The van der Waals surface area contributed by atoms with Gasteiger partial charge in [0.05, 0.1) is 13.7 Å². The molecule has 0 aliphatic carbocycles. The van der Waals surface area contributed by atoms with Crippen molar-refractivity contribution in [2.24, 2.45) is 0 Å². The Morgan fingerprint density at radius 3 is 2.69 bits per heavy atom. The van der Waals surface area contributed by atoms with E-state index >= 15 is 0 Å². The summed E-state index contributed by atoms with van der Waals surface area (Å²) in [7, 11) is 1.53. The quantitative estimate of drug-likeness (QED) is 0.824. The van der Waals surface area contributed by atoms with Crippen molar-refractivity contribution in [3.8, 4) is 11.5 Å². The van der Waals surface area contributed by atoms with Crippen LogP contribution in [0.25, 0.3) is 0 Å². The lowest BCUT2D eigenvalue weighted by atomic mass is 10.2. The molecule has 0 radical (unpaired) electrons. The predicted molar refractivity (Wildman–Crippen MR) is 62.2 cm³/mol. The summed E-state index contributed by atoms with van der Waals surface area (Å²) < 4.78 is 6.84. The molecule has 84 valence electrons. The Kier molecular flexibility index (Phi) is 3.00. The zero-order valence-corrected chi connectivity index (χ0v) is 9.05. The minimum Gasteiger partial charge on any atom is -0.504 e. The first-order valence-corrected chi connectivity index (χ1v) is 5.02. The Bertz CT molecular complexity index is 452. The first-order chi connectivity index (χ1) is 7.79. The number of rotatable bonds is 4. The number of aromatic hydroxyl groups is 1. The molecule has 0 spiro atoms. The van der Waals surface area contributed by atoms with E-state index in [0.29, 0.717) is 12.3 Å². The summed E-state index contributed by atoms with van der Waals surface area (Å²) in [5.74, 6) is 0.652. The average molecular weight is 218 g/mol. The second-order valence-corrected chi connectivity index (χ2v) is 3.43. The fourth-order valence-corrected chi connectivity index (χ4v) is 1.47. The molecule has 0 amide bonds. The van der Waals surface area contributed by atoms with Gasteiger partial charge in [0.25, 0.3) is 0 Å². The molecule has 0 aliphatic rings. The van der Waals surface area contributed by atoms with Crippen molar-refractivity contribution in [3.63, 3.8) is 0 Å². The molecular formula is C12H14N2O2. The third-order valence-corrected chi connectivity index (χ3v) is 2.31. The number of nitrogens with one attached hydrogen (secondary N) is 1. The fraction of sp³-hybridized carbons (Fsp3) is 0.167. The van der Waals surface area contributed by atoms with Gasteiger partial charge in [-0.3, -0.25) is 4.68 Å². The van der Waals surface area contributed by atoms with Gasteiger partial charge in [0, 0.05) is 12.4 Å². The van der Waals surface area contributed by atoms with Gasteiger partial charge in [0.2, 0.25) is 0 Å². The zero-order chi connectivity index (χ0) is 11.4. The lowest BCUT2D eigenvalue weighted by molar-refractivity contribution is 0.373. The van der Waals surface area contributed by atoms with E-state index in [4.69, 9.17) is 4.74 Å². The topological polar surface area (TPSA) is 46.4 Å². The van der Waals surface area contributed by atoms with Gasteiger partial charge < -0.3 is 15.3 Å². The Hall–Kier alpha value is -2.10. The van der Waals surface area contributed by atoms with Crippen LogP contribution in [0.1, 0.15) is 5.56 Å². The molecule has 2 rings (SSSR count). The summed E-state index contributed by atoms with van der Waals surface area (Å²) in [6, 6.07) is 9.24. The number of methoxy groups -OCH3 is 1. The highest BCUT2D eigenvalue weighted by Crippen LogP contribution is 2.26. The predicted octanol–water partition coefficient (Wildman–Crippen LogP) is 1.95. The summed E-state index contributed by atoms with van der Waals surface area (Å²) in [5.41, 5.74) is 4.16. The molecule has 0 saturated carbocycles. The van der Waals surface area contributed by atoms with Gasteiger partial charge >= 0.3 is 0 Å². The molecular weight excluding hydrogens is 204 g/mol. The van der Waals surface area contributed by atoms with Crippen LogP contribution in [0.4, 0.5) is 0 Å². The van der Waals surface area contributed by atoms with Gasteiger partial charge in [0.15, 0.2) is 11.5 Å². The summed E-state index contributed by atoms with van der Waals surface area (Å²) in [6.07, 6.45) is 3.84. The van der Waals surface area contributed by atoms with E-state index in [9.17, 15) is 5.11 Å². The number of hydrogen-bond acceptors (Lipinski definition) is 3. The SMILES string of the molecule is COc1ccc(CNn2cccc2)cc1O. The monoisotopic (exact) mass is 218 g/mol. The molecule has 1 aromatic carbocycles. The van der Waals surface area contributed by atoms with E-state index in [1.54, 1.807) is 12.1 Å². The van der Waals surface area contributed by atoms with Gasteiger partial charge in [0.1, 0.15) is 0 Å². The van der Waals surface area contributed by atoms with Crippen molar-refractivity contribution >= 4 is 0 Å². The first-order valence-electron chi connectivity index (χ1n) is 5.02. The lowest BCUT2D eigenvalue weighted by Crippen LogP contribution is -2.11. The average Bonchev–Trinajstić information content (AvgIpc) is 2.79. The molecule has 1 heterocycles. The maximum absolute atomic E-state index is 9.59. The van der Waals surface area contributed by atoms with Crippen LogP contribution in [0.3, 0.4) is 0 Å². The van der Waals surface area contributed by atoms with Gasteiger partial charge in [-0.1, -0.05) is 6.07 Å². The Labute approximate surface area is 94.1 Å².